The molecule has 6 nitrogen and oxygen atoms in total. The van der Waals surface area contributed by atoms with E-state index in [1.54, 1.807) is 0 Å². The number of aromatic nitrogens is 1. The molecule has 408 valence electrons. The lowest BCUT2D eigenvalue weighted by atomic mass is 10.0. The van der Waals surface area contributed by atoms with Crippen molar-refractivity contribution in [2.75, 3.05) is 24.6 Å². The molecule has 72 heavy (non-hydrogen) atoms. The summed E-state index contributed by atoms with van der Waals surface area (Å²) in [5.41, 5.74) is 6.36. The summed E-state index contributed by atoms with van der Waals surface area (Å²) in [5.74, 6) is 0. The first-order valence-electron chi connectivity index (χ1n) is 30.2. The van der Waals surface area contributed by atoms with Gasteiger partial charge in [-0.25, -0.2) is 13.0 Å². The predicted octanol–water partition coefficient (Wildman–Crippen LogP) is 19.7. The molecular formula is C65H108N2O4S. The van der Waals surface area contributed by atoms with E-state index in [1.807, 2.05) is 0 Å². The molecule has 0 radical (unpaired) electrons. The van der Waals surface area contributed by atoms with Gasteiger partial charge in [0, 0.05) is 30.9 Å². The van der Waals surface area contributed by atoms with Crippen LogP contribution in [0.5, 0.6) is 0 Å². The van der Waals surface area contributed by atoms with Crippen molar-refractivity contribution in [3.05, 3.63) is 95.3 Å². The van der Waals surface area contributed by atoms with Gasteiger partial charge in [0.25, 0.3) is 0 Å². The molecule has 3 aromatic rings. The van der Waals surface area contributed by atoms with Gasteiger partial charge in [0.1, 0.15) is 6.54 Å². The van der Waals surface area contributed by atoms with Crippen molar-refractivity contribution >= 4 is 40.4 Å². The minimum absolute atomic E-state index is 0.0914. The van der Waals surface area contributed by atoms with E-state index in [0.717, 1.165) is 6.54 Å². The van der Waals surface area contributed by atoms with Gasteiger partial charge in [-0.3, -0.25) is 4.18 Å². The first-order valence-corrected chi connectivity index (χ1v) is 31.5. The van der Waals surface area contributed by atoms with Crippen molar-refractivity contribution in [2.45, 2.75) is 265 Å². The normalized spacial score (nSPS) is 11.7. The fourth-order valence-corrected chi connectivity index (χ4v) is 9.90. The van der Waals surface area contributed by atoms with Gasteiger partial charge in [-0.05, 0) is 61.1 Å². The van der Waals surface area contributed by atoms with Crippen LogP contribution in [0.1, 0.15) is 281 Å². The molecule has 0 N–H and O–H groups in total. The van der Waals surface area contributed by atoms with Gasteiger partial charge in [0.15, 0.2) is 12.4 Å². The first kappa shape index (κ1) is 64.9. The third kappa shape index (κ3) is 38.3. The van der Waals surface area contributed by atoms with Crippen LogP contribution in [0.3, 0.4) is 0 Å². The number of pyridine rings is 1. The van der Waals surface area contributed by atoms with Gasteiger partial charge >= 0.3 is 0 Å². The predicted molar refractivity (Wildman–Crippen MR) is 314 cm³/mol. The maximum atomic E-state index is 9.45. The summed E-state index contributed by atoms with van der Waals surface area (Å²) in [6.07, 6.45) is 64.8. The van der Waals surface area contributed by atoms with Crippen LogP contribution in [0.25, 0.3) is 24.3 Å². The molecule has 0 amide bonds. The van der Waals surface area contributed by atoms with Crippen LogP contribution < -0.4 is 9.47 Å². The second-order valence-electron chi connectivity index (χ2n) is 20.7. The molecule has 1 heterocycles. The van der Waals surface area contributed by atoms with Gasteiger partial charge in [0.2, 0.25) is 10.4 Å². The van der Waals surface area contributed by atoms with Crippen LogP contribution in [-0.4, -0.2) is 32.7 Å². The zero-order chi connectivity index (χ0) is 51.8. The lowest BCUT2D eigenvalue weighted by molar-refractivity contribution is -0.693. The summed E-state index contributed by atoms with van der Waals surface area (Å²) in [5, 5.41) is 0. The second kappa shape index (κ2) is 46.3. The van der Waals surface area contributed by atoms with E-state index in [0.29, 0.717) is 0 Å². The molecule has 0 spiro atoms. The summed E-state index contributed by atoms with van der Waals surface area (Å²) >= 11 is 0. The Hall–Kier alpha value is -3.26. The molecule has 0 atom stereocenters. The minimum atomic E-state index is -4.42. The first-order chi connectivity index (χ1) is 35.3. The Morgan fingerprint density at radius 2 is 0.639 bits per heavy atom. The molecule has 0 saturated heterocycles. The highest BCUT2D eigenvalue weighted by molar-refractivity contribution is 7.80. The van der Waals surface area contributed by atoms with Crippen molar-refractivity contribution in [1.29, 1.82) is 0 Å². The molecule has 2 aromatic carbocycles. The van der Waals surface area contributed by atoms with Crippen LogP contribution in [0.4, 0.5) is 5.69 Å². The molecule has 0 fully saturated rings. The minimum Gasteiger partial charge on any atom is -0.726 e. The van der Waals surface area contributed by atoms with Crippen molar-refractivity contribution in [2.24, 2.45) is 0 Å². The molecule has 0 aliphatic heterocycles. The second-order valence-corrected chi connectivity index (χ2v) is 21.8. The van der Waals surface area contributed by atoms with Gasteiger partial charge in [-0.1, -0.05) is 293 Å². The average molecular weight is 1010 g/mol. The highest BCUT2D eigenvalue weighted by atomic mass is 32.3. The molecule has 0 unspecified atom stereocenters. The van der Waals surface area contributed by atoms with Gasteiger partial charge < -0.3 is 9.45 Å². The fraction of sp³-hybridized carbons (Fsp3) is 0.677. The molecule has 0 aliphatic rings. The number of aryl methyl sites for hydroxylation is 1. The lowest BCUT2D eigenvalue weighted by Gasteiger charge is -2.25. The van der Waals surface area contributed by atoms with Gasteiger partial charge in [-0.15, -0.1) is 0 Å². The SMILES string of the molecule is CCCCCCCCCCCCCCCCCCCCN(CCCCCCCCCCCCCCCCCCCC)c1ccc(C=Cc2ccc(C=Cc3cc[n+](CC)cc3)cc2)cc1.CCOS(=O)(=O)[O-]. The number of hydrogen-bond acceptors (Lipinski definition) is 5. The summed E-state index contributed by atoms with van der Waals surface area (Å²) < 4.78 is 34.2. The average Bonchev–Trinajstić information content (AvgIpc) is 3.38. The molecule has 7 heteroatoms. The third-order valence-electron chi connectivity index (χ3n) is 14.2. The standard InChI is InChI=1S/C63H103N2.C2H6O4S/c1-4-7-9-11-13-15-17-19-21-23-25-27-29-31-33-35-37-39-55-65(56-40-38-36-34-32-30-28-26-24-22-20-18-16-14-12-10-8-5-2)63-51-49-61(50-52-63)46-45-59-41-43-60(44-42-59)47-48-62-53-57-64(6-3)58-54-62;1-2-6-7(3,4)5/h41-54,57-58H,4-40,55-56H2,1-3H3;2H2,1H3,(H,3,4,5)/q+1;/p-1. The quantitative estimate of drug-likeness (QED) is 0.0185. The Morgan fingerprint density at radius 3 is 0.875 bits per heavy atom. The number of nitrogens with zero attached hydrogens (tertiary/aromatic N) is 2. The van der Waals surface area contributed by atoms with Crippen molar-refractivity contribution in [1.82, 2.24) is 0 Å². The van der Waals surface area contributed by atoms with Crippen molar-refractivity contribution in [3.8, 4) is 0 Å². The van der Waals surface area contributed by atoms with Crippen molar-refractivity contribution < 1.29 is 21.7 Å². The van der Waals surface area contributed by atoms with Crippen LogP contribution in [0.15, 0.2) is 73.1 Å². The number of benzene rings is 2. The molecule has 0 aliphatic carbocycles. The zero-order valence-corrected chi connectivity index (χ0v) is 47.8. The van der Waals surface area contributed by atoms with Crippen LogP contribution >= 0.6 is 0 Å². The van der Waals surface area contributed by atoms with E-state index in [2.05, 4.69) is 132 Å². The van der Waals surface area contributed by atoms with E-state index in [9.17, 15) is 13.0 Å². The highest BCUT2D eigenvalue weighted by Gasteiger charge is 2.07. The Kier molecular flexibility index (Phi) is 41.7. The van der Waals surface area contributed by atoms with Gasteiger partial charge in [-0.2, -0.15) is 0 Å². The number of rotatable bonds is 46. The maximum Gasteiger partial charge on any atom is 0.217 e. The largest absolute Gasteiger partial charge is 0.726 e. The van der Waals surface area contributed by atoms with Gasteiger partial charge in [0.05, 0.1) is 6.61 Å². The van der Waals surface area contributed by atoms with Crippen molar-refractivity contribution in [3.63, 3.8) is 0 Å². The lowest BCUT2D eigenvalue weighted by Crippen LogP contribution is -2.30. The Balaban J connectivity index is 0.00000235. The van der Waals surface area contributed by atoms with E-state index in [1.165, 1.54) is 279 Å². The number of unbranched alkanes of at least 4 members (excludes halogenated alkanes) is 34. The Labute approximate surface area is 445 Å². The van der Waals surface area contributed by atoms with Crippen LogP contribution in [-0.2, 0) is 21.1 Å². The maximum absolute atomic E-state index is 9.45. The van der Waals surface area contributed by atoms with E-state index < -0.39 is 10.4 Å². The topological polar surface area (TPSA) is 73.5 Å². The fourth-order valence-electron chi connectivity index (χ4n) is 9.61. The smallest absolute Gasteiger partial charge is 0.217 e. The van der Waals surface area contributed by atoms with Crippen LogP contribution in [0.2, 0.25) is 0 Å². The summed E-state index contributed by atoms with van der Waals surface area (Å²) in [6, 6.07) is 22.6. The van der Waals surface area contributed by atoms with E-state index >= 15 is 0 Å². The highest BCUT2D eigenvalue weighted by Crippen LogP contribution is 2.22. The van der Waals surface area contributed by atoms with E-state index in [-0.39, 0.29) is 6.61 Å². The Bertz CT molecular complexity index is 1770. The monoisotopic (exact) mass is 1010 g/mol. The number of hydrogen-bond donors (Lipinski definition) is 0. The summed E-state index contributed by atoms with van der Waals surface area (Å²) in [6.45, 7) is 11.5. The Morgan fingerprint density at radius 1 is 0.389 bits per heavy atom. The van der Waals surface area contributed by atoms with E-state index in [4.69, 9.17) is 0 Å². The molecule has 0 bridgehead atoms. The zero-order valence-electron chi connectivity index (χ0n) is 47.0. The summed E-state index contributed by atoms with van der Waals surface area (Å²) in [7, 11) is -4.42. The number of anilines is 1. The summed E-state index contributed by atoms with van der Waals surface area (Å²) in [4.78, 5) is 2.70. The molecule has 3 rings (SSSR count). The van der Waals surface area contributed by atoms with Crippen LogP contribution in [0, 0.1) is 0 Å². The third-order valence-corrected chi connectivity index (χ3v) is 14.8. The molecule has 0 saturated carbocycles. The molecular weight excluding hydrogens is 905 g/mol. The molecule has 1 aromatic heterocycles.